The van der Waals surface area contributed by atoms with Crippen molar-refractivity contribution in [1.29, 1.82) is 0 Å². The maximum Gasteiger partial charge on any atom is 0.337 e. The molecule has 0 radical (unpaired) electrons. The highest BCUT2D eigenvalue weighted by molar-refractivity contribution is 7.10. The first-order valence-electron chi connectivity index (χ1n) is 10.1. The lowest BCUT2D eigenvalue weighted by Crippen LogP contribution is -2.37. The second-order valence-electron chi connectivity index (χ2n) is 7.67. The number of methoxy groups -OCH3 is 1. The average Bonchev–Trinajstić information content (AvgIpc) is 3.51. The number of carbonyl (C=O) groups is 3. The molecule has 3 heterocycles. The number of aryl methyl sites for hydroxylation is 1. The normalized spacial score (nSPS) is 22.4. The summed E-state index contributed by atoms with van der Waals surface area (Å²) >= 11 is 1.53. The lowest BCUT2D eigenvalue weighted by atomic mass is 9.95. The third-order valence-electron chi connectivity index (χ3n) is 5.85. The fraction of sp³-hybridized carbons (Fsp3) is 0.208. The summed E-state index contributed by atoms with van der Waals surface area (Å²) in [5, 5.41) is 3.66. The molecule has 0 unspecified atom stereocenters. The molecule has 0 N–H and O–H groups in total. The van der Waals surface area contributed by atoms with E-state index in [0.29, 0.717) is 11.3 Å². The van der Waals surface area contributed by atoms with E-state index in [-0.39, 0.29) is 5.91 Å². The number of hydrogen-bond donors (Lipinski definition) is 0. The highest BCUT2D eigenvalue weighted by atomic mass is 32.1. The third-order valence-corrected chi connectivity index (χ3v) is 6.79. The maximum absolute atomic E-state index is 13.6. The van der Waals surface area contributed by atoms with Crippen molar-refractivity contribution in [2.24, 2.45) is 5.92 Å². The fourth-order valence-corrected chi connectivity index (χ4v) is 5.15. The van der Waals surface area contributed by atoms with E-state index in [2.05, 4.69) is 0 Å². The average molecular weight is 449 g/mol. The molecule has 2 amide bonds. The molecule has 2 aliphatic heterocycles. The van der Waals surface area contributed by atoms with E-state index < -0.39 is 29.9 Å². The van der Waals surface area contributed by atoms with E-state index in [1.807, 2.05) is 48.7 Å². The molecule has 0 aliphatic carbocycles. The van der Waals surface area contributed by atoms with Crippen LogP contribution < -0.4 is 9.96 Å². The van der Waals surface area contributed by atoms with Gasteiger partial charge in [-0.15, -0.1) is 11.3 Å². The highest BCUT2D eigenvalue weighted by Crippen LogP contribution is 2.49. The van der Waals surface area contributed by atoms with Crippen LogP contribution in [0.25, 0.3) is 0 Å². The summed E-state index contributed by atoms with van der Waals surface area (Å²) in [4.78, 5) is 46.8. The van der Waals surface area contributed by atoms with Crippen molar-refractivity contribution < 1.29 is 24.0 Å². The summed E-state index contributed by atoms with van der Waals surface area (Å²) in [5.74, 6) is -1.90. The number of carbonyl (C=O) groups excluding carboxylic acids is 3. The Bertz CT molecular complexity index is 1190. The monoisotopic (exact) mass is 448 g/mol. The van der Waals surface area contributed by atoms with Crippen LogP contribution in [0.5, 0.6) is 0 Å². The van der Waals surface area contributed by atoms with E-state index in [0.717, 1.165) is 21.0 Å². The predicted octanol–water partition coefficient (Wildman–Crippen LogP) is 3.89. The van der Waals surface area contributed by atoms with Crippen molar-refractivity contribution in [3.05, 3.63) is 82.0 Å². The first-order valence-corrected chi connectivity index (χ1v) is 11.0. The van der Waals surface area contributed by atoms with Gasteiger partial charge in [0.25, 0.3) is 5.91 Å². The Hall–Kier alpha value is -3.49. The molecule has 0 bridgehead atoms. The van der Waals surface area contributed by atoms with Crippen molar-refractivity contribution in [3.63, 3.8) is 0 Å². The maximum atomic E-state index is 13.6. The summed E-state index contributed by atoms with van der Waals surface area (Å²) in [6, 6.07) is 17.4. The summed E-state index contributed by atoms with van der Waals surface area (Å²) in [6.07, 6.45) is -0.922. The topological polar surface area (TPSA) is 76.2 Å². The zero-order valence-electron chi connectivity index (χ0n) is 17.4. The van der Waals surface area contributed by atoms with Crippen LogP contribution in [0.1, 0.15) is 26.8 Å². The Labute approximate surface area is 188 Å². The Morgan fingerprint density at radius 3 is 2.41 bits per heavy atom. The molecule has 32 heavy (non-hydrogen) atoms. The lowest BCUT2D eigenvalue weighted by Gasteiger charge is -2.29. The van der Waals surface area contributed by atoms with E-state index in [1.54, 1.807) is 17.2 Å². The lowest BCUT2D eigenvalue weighted by molar-refractivity contribution is -0.126. The van der Waals surface area contributed by atoms with Crippen LogP contribution >= 0.6 is 11.3 Å². The van der Waals surface area contributed by atoms with E-state index in [9.17, 15) is 14.4 Å². The van der Waals surface area contributed by atoms with Gasteiger partial charge in [-0.3, -0.25) is 14.4 Å². The zero-order chi connectivity index (χ0) is 22.4. The third kappa shape index (κ3) is 3.11. The number of esters is 1. The van der Waals surface area contributed by atoms with Crippen molar-refractivity contribution in [1.82, 2.24) is 0 Å². The van der Waals surface area contributed by atoms with Crippen molar-refractivity contribution in [2.45, 2.75) is 19.1 Å². The number of fused-ring (bicyclic) bond motifs is 1. The number of hydroxylamine groups is 1. The van der Waals surface area contributed by atoms with Crippen molar-refractivity contribution in [3.8, 4) is 0 Å². The molecule has 0 saturated carbocycles. The quantitative estimate of drug-likeness (QED) is 0.445. The van der Waals surface area contributed by atoms with Gasteiger partial charge in [0.1, 0.15) is 12.0 Å². The highest BCUT2D eigenvalue weighted by Gasteiger charge is 2.60. The van der Waals surface area contributed by atoms with Gasteiger partial charge in [0, 0.05) is 4.88 Å². The number of amides is 2. The summed E-state index contributed by atoms with van der Waals surface area (Å²) < 4.78 is 4.71. The molecule has 7 nitrogen and oxygen atoms in total. The van der Waals surface area contributed by atoms with Gasteiger partial charge in [0.05, 0.1) is 24.0 Å². The van der Waals surface area contributed by atoms with Crippen LogP contribution in [0.3, 0.4) is 0 Å². The van der Waals surface area contributed by atoms with Gasteiger partial charge in [0.2, 0.25) is 5.91 Å². The number of benzene rings is 2. The Morgan fingerprint density at radius 2 is 1.75 bits per heavy atom. The molecular formula is C24H20N2O5S. The van der Waals surface area contributed by atoms with Gasteiger partial charge in [0.15, 0.2) is 6.10 Å². The number of hydrogen-bond acceptors (Lipinski definition) is 7. The number of para-hydroxylation sites is 1. The minimum atomic E-state index is -0.922. The minimum Gasteiger partial charge on any atom is -0.465 e. The number of thiophene rings is 1. The molecule has 2 aromatic carbocycles. The summed E-state index contributed by atoms with van der Waals surface area (Å²) in [7, 11) is 1.30. The second kappa shape index (κ2) is 7.89. The van der Waals surface area contributed by atoms with Gasteiger partial charge in [-0.25, -0.2) is 14.8 Å². The molecule has 3 aromatic rings. The number of imide groups is 1. The molecule has 0 spiro atoms. The smallest absolute Gasteiger partial charge is 0.337 e. The molecule has 1 aromatic heterocycles. The molecule has 5 rings (SSSR count). The Morgan fingerprint density at radius 1 is 1.00 bits per heavy atom. The molecule has 2 saturated heterocycles. The van der Waals surface area contributed by atoms with Crippen LogP contribution in [0.15, 0.2) is 66.0 Å². The molecule has 2 aliphatic rings. The standard InChI is InChI=1S/C24H20N2O5S/c1-14-6-3-4-7-17(14)26-20(18-8-5-13-32-18)19-21(31-26)23(28)25(22(19)27)16-11-9-15(10-12-16)24(29)30-2/h3-13,19-21H,1-2H3/t19-,20-,21-/m0/s1. The van der Waals surface area contributed by atoms with Crippen LogP contribution in [-0.4, -0.2) is 31.0 Å². The summed E-state index contributed by atoms with van der Waals surface area (Å²) in [5.41, 5.74) is 2.56. The van der Waals surface area contributed by atoms with E-state index in [4.69, 9.17) is 9.57 Å². The SMILES string of the molecule is COC(=O)c1ccc(N2C(=O)[C@@H]3[C@H](ON(c4ccccc4C)[C@H]3c3cccs3)C2=O)cc1. The van der Waals surface area contributed by atoms with Crippen LogP contribution in [0.4, 0.5) is 11.4 Å². The first kappa shape index (κ1) is 20.4. The van der Waals surface area contributed by atoms with Crippen LogP contribution in [-0.2, 0) is 19.2 Å². The Balaban J connectivity index is 1.52. The predicted molar refractivity (Wildman–Crippen MR) is 119 cm³/mol. The van der Waals surface area contributed by atoms with Gasteiger partial charge in [-0.05, 0) is 54.3 Å². The zero-order valence-corrected chi connectivity index (χ0v) is 18.2. The largest absolute Gasteiger partial charge is 0.465 e. The van der Waals surface area contributed by atoms with Crippen molar-refractivity contribution >= 4 is 40.5 Å². The number of rotatable bonds is 4. The number of ether oxygens (including phenoxy) is 1. The fourth-order valence-electron chi connectivity index (χ4n) is 4.30. The van der Waals surface area contributed by atoms with E-state index >= 15 is 0 Å². The van der Waals surface area contributed by atoms with E-state index in [1.165, 1.54) is 30.6 Å². The van der Waals surface area contributed by atoms with Gasteiger partial charge in [-0.2, -0.15) is 0 Å². The number of nitrogens with zero attached hydrogens (tertiary/aromatic N) is 2. The minimum absolute atomic E-state index is 0.319. The summed E-state index contributed by atoms with van der Waals surface area (Å²) in [6.45, 7) is 1.97. The number of anilines is 2. The van der Waals surface area contributed by atoms with Crippen LogP contribution in [0, 0.1) is 12.8 Å². The van der Waals surface area contributed by atoms with Gasteiger partial charge < -0.3 is 4.74 Å². The molecule has 8 heteroatoms. The molecular weight excluding hydrogens is 428 g/mol. The molecule has 162 valence electrons. The van der Waals surface area contributed by atoms with Gasteiger partial charge >= 0.3 is 5.97 Å². The molecule has 3 atom stereocenters. The Kier molecular flexibility index (Phi) is 5.03. The van der Waals surface area contributed by atoms with Crippen LogP contribution in [0.2, 0.25) is 0 Å². The molecule has 2 fully saturated rings. The second-order valence-corrected chi connectivity index (χ2v) is 8.65. The van der Waals surface area contributed by atoms with Crippen molar-refractivity contribution in [2.75, 3.05) is 17.1 Å². The van der Waals surface area contributed by atoms with Gasteiger partial charge in [-0.1, -0.05) is 24.3 Å². The first-order chi connectivity index (χ1) is 15.5.